The Morgan fingerprint density at radius 3 is 2.11 bits per heavy atom. The SMILES string of the molecule is O=[PH](O)CC(CCc1ccccc1)c1ccccc1. The molecule has 0 aliphatic heterocycles. The Bertz CT molecular complexity index is 511. The Morgan fingerprint density at radius 2 is 1.53 bits per heavy atom. The maximum Gasteiger partial charge on any atom is 0.189 e. The van der Waals surface area contributed by atoms with Gasteiger partial charge in [-0.3, -0.25) is 4.57 Å². The third-order valence-corrected chi connectivity index (χ3v) is 4.16. The van der Waals surface area contributed by atoms with Crippen LogP contribution in [0.15, 0.2) is 60.7 Å². The van der Waals surface area contributed by atoms with Gasteiger partial charge < -0.3 is 4.89 Å². The zero-order chi connectivity index (χ0) is 13.5. The van der Waals surface area contributed by atoms with Crippen molar-refractivity contribution >= 4 is 8.03 Å². The Morgan fingerprint density at radius 1 is 0.947 bits per heavy atom. The second-order valence-corrected chi connectivity index (χ2v) is 5.93. The van der Waals surface area contributed by atoms with Gasteiger partial charge in [0.2, 0.25) is 0 Å². The van der Waals surface area contributed by atoms with E-state index in [1.807, 2.05) is 48.5 Å². The van der Waals surface area contributed by atoms with Crippen LogP contribution in [0.2, 0.25) is 0 Å². The predicted octanol–water partition coefficient (Wildman–Crippen LogP) is 3.87. The van der Waals surface area contributed by atoms with Gasteiger partial charge in [-0.15, -0.1) is 0 Å². The largest absolute Gasteiger partial charge is 0.346 e. The van der Waals surface area contributed by atoms with Crippen molar-refractivity contribution in [3.8, 4) is 0 Å². The molecule has 2 unspecified atom stereocenters. The molecule has 0 radical (unpaired) electrons. The smallest absolute Gasteiger partial charge is 0.189 e. The summed E-state index contributed by atoms with van der Waals surface area (Å²) in [6.07, 6.45) is 2.22. The van der Waals surface area contributed by atoms with E-state index in [-0.39, 0.29) is 5.92 Å². The minimum absolute atomic E-state index is 0.165. The normalized spacial score (nSPS) is 13.9. The van der Waals surface area contributed by atoms with Gasteiger partial charge in [0.15, 0.2) is 8.03 Å². The lowest BCUT2D eigenvalue weighted by atomic mass is 9.94. The summed E-state index contributed by atoms with van der Waals surface area (Å²) in [5, 5.41) is 0. The first-order valence-corrected chi connectivity index (χ1v) is 8.12. The predicted molar refractivity (Wildman–Crippen MR) is 80.0 cm³/mol. The number of hydrogen-bond donors (Lipinski definition) is 1. The molecule has 2 aromatic rings. The van der Waals surface area contributed by atoms with Gasteiger partial charge in [-0.1, -0.05) is 60.7 Å². The van der Waals surface area contributed by atoms with Gasteiger partial charge in [0.05, 0.1) is 0 Å². The van der Waals surface area contributed by atoms with Crippen LogP contribution in [0.4, 0.5) is 0 Å². The molecule has 1 N–H and O–H groups in total. The van der Waals surface area contributed by atoms with Gasteiger partial charge in [-0.05, 0) is 29.9 Å². The first-order valence-electron chi connectivity index (χ1n) is 6.56. The average molecular weight is 274 g/mol. The minimum atomic E-state index is -2.43. The van der Waals surface area contributed by atoms with Crippen molar-refractivity contribution in [2.45, 2.75) is 18.8 Å². The highest BCUT2D eigenvalue weighted by Gasteiger charge is 2.13. The minimum Gasteiger partial charge on any atom is -0.346 e. The molecule has 0 spiro atoms. The van der Waals surface area contributed by atoms with Crippen molar-refractivity contribution in [3.05, 3.63) is 71.8 Å². The van der Waals surface area contributed by atoms with E-state index in [0.717, 1.165) is 18.4 Å². The van der Waals surface area contributed by atoms with Crippen molar-refractivity contribution in [1.82, 2.24) is 0 Å². The Labute approximate surface area is 115 Å². The summed E-state index contributed by atoms with van der Waals surface area (Å²) in [6, 6.07) is 20.3. The molecule has 2 aromatic carbocycles. The van der Waals surface area contributed by atoms with Crippen LogP contribution in [0.5, 0.6) is 0 Å². The highest BCUT2D eigenvalue weighted by atomic mass is 31.1. The summed E-state index contributed by atoms with van der Waals surface area (Å²) >= 11 is 0. The van der Waals surface area contributed by atoms with Gasteiger partial charge in [-0.25, -0.2) is 0 Å². The van der Waals surface area contributed by atoms with E-state index in [2.05, 4.69) is 12.1 Å². The molecule has 0 saturated carbocycles. The molecule has 3 heteroatoms. The van der Waals surface area contributed by atoms with Crippen molar-refractivity contribution in [1.29, 1.82) is 0 Å². The van der Waals surface area contributed by atoms with Gasteiger partial charge in [0, 0.05) is 6.16 Å². The molecular weight excluding hydrogens is 255 g/mol. The standard InChI is InChI=1S/C16H19O2P/c17-19(18)13-16(15-9-5-2-6-10-15)12-11-14-7-3-1-4-8-14/h1-10,16,19H,11-13H2,(H,17,18). The fourth-order valence-corrected chi connectivity index (χ4v) is 3.17. The fraction of sp³-hybridized carbons (Fsp3) is 0.250. The van der Waals surface area contributed by atoms with Crippen LogP contribution in [-0.4, -0.2) is 11.1 Å². The second kappa shape index (κ2) is 7.28. The monoisotopic (exact) mass is 274 g/mol. The summed E-state index contributed by atoms with van der Waals surface area (Å²) in [7, 11) is -2.43. The third-order valence-electron chi connectivity index (χ3n) is 3.32. The number of rotatable bonds is 6. The Kier molecular flexibility index (Phi) is 5.38. The van der Waals surface area contributed by atoms with Crippen LogP contribution < -0.4 is 0 Å². The van der Waals surface area contributed by atoms with Gasteiger partial charge in [-0.2, -0.15) is 0 Å². The maximum absolute atomic E-state index is 11.2. The van der Waals surface area contributed by atoms with E-state index >= 15 is 0 Å². The van der Waals surface area contributed by atoms with Gasteiger partial charge in [0.1, 0.15) is 0 Å². The first-order chi connectivity index (χ1) is 9.25. The third kappa shape index (κ3) is 4.66. The summed E-state index contributed by atoms with van der Waals surface area (Å²) in [6.45, 7) is 0. The van der Waals surface area contributed by atoms with Crippen LogP contribution in [-0.2, 0) is 11.0 Å². The number of hydrogen-bond acceptors (Lipinski definition) is 1. The highest BCUT2D eigenvalue weighted by Crippen LogP contribution is 2.30. The lowest BCUT2D eigenvalue weighted by molar-refractivity contribution is 0.494. The molecule has 0 heterocycles. The molecule has 0 aliphatic rings. The Balaban J connectivity index is 2.04. The average Bonchev–Trinajstić information content (AvgIpc) is 2.45. The zero-order valence-corrected chi connectivity index (χ0v) is 11.8. The van der Waals surface area contributed by atoms with E-state index in [1.54, 1.807) is 0 Å². The molecule has 100 valence electrons. The van der Waals surface area contributed by atoms with E-state index < -0.39 is 8.03 Å². The van der Waals surface area contributed by atoms with Crippen molar-refractivity contribution < 1.29 is 9.46 Å². The molecular formula is C16H19O2P. The van der Waals surface area contributed by atoms with Crippen LogP contribution in [0, 0.1) is 0 Å². The summed E-state index contributed by atoms with van der Waals surface area (Å²) < 4.78 is 11.2. The molecule has 0 saturated heterocycles. The maximum atomic E-state index is 11.2. The lowest BCUT2D eigenvalue weighted by Crippen LogP contribution is -2.04. The molecule has 2 nitrogen and oxygen atoms in total. The van der Waals surface area contributed by atoms with E-state index in [1.165, 1.54) is 5.56 Å². The zero-order valence-electron chi connectivity index (χ0n) is 10.8. The molecule has 2 rings (SSSR count). The van der Waals surface area contributed by atoms with E-state index in [9.17, 15) is 9.46 Å². The topological polar surface area (TPSA) is 37.3 Å². The molecule has 0 fully saturated rings. The quantitative estimate of drug-likeness (QED) is 0.812. The summed E-state index contributed by atoms with van der Waals surface area (Å²) in [5.74, 6) is 0.165. The molecule has 19 heavy (non-hydrogen) atoms. The first kappa shape index (κ1) is 14.0. The number of aryl methyl sites for hydroxylation is 1. The van der Waals surface area contributed by atoms with E-state index in [4.69, 9.17) is 0 Å². The highest BCUT2D eigenvalue weighted by molar-refractivity contribution is 7.38. The number of benzene rings is 2. The Hall–Kier alpha value is -1.37. The molecule has 0 amide bonds. The van der Waals surface area contributed by atoms with Crippen LogP contribution in [0.25, 0.3) is 0 Å². The fourth-order valence-electron chi connectivity index (χ4n) is 2.31. The van der Waals surface area contributed by atoms with Crippen LogP contribution in [0.1, 0.15) is 23.5 Å². The van der Waals surface area contributed by atoms with Gasteiger partial charge >= 0.3 is 0 Å². The molecule has 0 bridgehead atoms. The van der Waals surface area contributed by atoms with Crippen molar-refractivity contribution in [3.63, 3.8) is 0 Å². The van der Waals surface area contributed by atoms with Crippen LogP contribution in [0.3, 0.4) is 0 Å². The van der Waals surface area contributed by atoms with Crippen molar-refractivity contribution in [2.75, 3.05) is 6.16 Å². The van der Waals surface area contributed by atoms with Crippen molar-refractivity contribution in [2.24, 2.45) is 0 Å². The van der Waals surface area contributed by atoms with Crippen LogP contribution >= 0.6 is 8.03 Å². The van der Waals surface area contributed by atoms with E-state index in [0.29, 0.717) is 6.16 Å². The van der Waals surface area contributed by atoms with Gasteiger partial charge in [0.25, 0.3) is 0 Å². The molecule has 2 atom stereocenters. The molecule has 0 aromatic heterocycles. The lowest BCUT2D eigenvalue weighted by Gasteiger charge is -2.16. The summed E-state index contributed by atoms with van der Waals surface area (Å²) in [4.78, 5) is 9.23. The molecule has 0 aliphatic carbocycles. The summed E-state index contributed by atoms with van der Waals surface area (Å²) in [5.41, 5.74) is 2.44. The second-order valence-electron chi connectivity index (χ2n) is 4.73.